The van der Waals surface area contributed by atoms with Crippen molar-refractivity contribution in [1.29, 1.82) is 0 Å². The van der Waals surface area contributed by atoms with Crippen LogP contribution in [0.2, 0.25) is 10.0 Å². The summed E-state index contributed by atoms with van der Waals surface area (Å²) in [6.45, 7) is 1.81. The van der Waals surface area contributed by atoms with Crippen molar-refractivity contribution in [3.63, 3.8) is 0 Å². The largest absolute Gasteiger partial charge is 0.453 e. The van der Waals surface area contributed by atoms with Crippen LogP contribution in [0.5, 0.6) is 0 Å². The van der Waals surface area contributed by atoms with Crippen molar-refractivity contribution in [1.82, 2.24) is 0 Å². The molecule has 1 aromatic carbocycles. The number of aryl methyl sites for hydroxylation is 1. The number of amides is 1. The number of halogens is 2. The normalized spacial score (nSPS) is 9.71. The predicted octanol–water partition coefficient (Wildman–Crippen LogP) is 3.48. The molecule has 0 bridgehead atoms. The van der Waals surface area contributed by atoms with Crippen LogP contribution in [0, 0.1) is 6.92 Å². The van der Waals surface area contributed by atoms with Crippen LogP contribution < -0.4 is 5.32 Å². The zero-order chi connectivity index (χ0) is 10.7. The topological polar surface area (TPSA) is 38.3 Å². The van der Waals surface area contributed by atoms with Gasteiger partial charge < -0.3 is 4.74 Å². The average molecular weight is 234 g/mol. The van der Waals surface area contributed by atoms with E-state index in [1.165, 1.54) is 7.11 Å². The SMILES string of the molecule is COC(=O)Nc1cc(Cl)c(Cl)cc1C. The van der Waals surface area contributed by atoms with Crippen LogP contribution in [-0.4, -0.2) is 13.2 Å². The van der Waals surface area contributed by atoms with Crippen molar-refractivity contribution in [3.05, 3.63) is 27.7 Å². The Bertz CT molecular complexity index is 366. The molecule has 1 rings (SSSR count). The molecule has 0 aromatic heterocycles. The van der Waals surface area contributed by atoms with Crippen molar-refractivity contribution in [2.75, 3.05) is 12.4 Å². The van der Waals surface area contributed by atoms with Gasteiger partial charge in [-0.05, 0) is 24.6 Å². The van der Waals surface area contributed by atoms with E-state index in [2.05, 4.69) is 10.1 Å². The zero-order valence-corrected chi connectivity index (χ0v) is 9.24. The number of anilines is 1. The molecule has 0 spiro atoms. The first-order valence-electron chi connectivity index (χ1n) is 3.85. The number of hydrogen-bond acceptors (Lipinski definition) is 2. The summed E-state index contributed by atoms with van der Waals surface area (Å²) in [7, 11) is 1.29. The van der Waals surface area contributed by atoms with Crippen LogP contribution in [0.15, 0.2) is 12.1 Å². The molecule has 0 saturated carbocycles. The second-order valence-electron chi connectivity index (χ2n) is 2.70. The summed E-state index contributed by atoms with van der Waals surface area (Å²) >= 11 is 11.6. The van der Waals surface area contributed by atoms with Gasteiger partial charge in [0.15, 0.2) is 0 Å². The highest BCUT2D eigenvalue weighted by molar-refractivity contribution is 6.42. The van der Waals surface area contributed by atoms with E-state index in [1.807, 2.05) is 6.92 Å². The van der Waals surface area contributed by atoms with Crippen molar-refractivity contribution >= 4 is 35.0 Å². The van der Waals surface area contributed by atoms with Gasteiger partial charge in [-0.1, -0.05) is 23.2 Å². The molecule has 1 aromatic rings. The fourth-order valence-corrected chi connectivity index (χ4v) is 1.32. The van der Waals surface area contributed by atoms with Crippen LogP contribution in [0.25, 0.3) is 0 Å². The smallest absolute Gasteiger partial charge is 0.411 e. The molecule has 0 aliphatic rings. The molecule has 0 aliphatic heterocycles. The Balaban J connectivity index is 2.98. The minimum Gasteiger partial charge on any atom is -0.453 e. The first-order chi connectivity index (χ1) is 6.54. The summed E-state index contributed by atoms with van der Waals surface area (Å²) in [5.74, 6) is 0. The summed E-state index contributed by atoms with van der Waals surface area (Å²) in [6.07, 6.45) is -0.536. The summed E-state index contributed by atoms with van der Waals surface area (Å²) in [6, 6.07) is 3.26. The van der Waals surface area contributed by atoms with Crippen molar-refractivity contribution < 1.29 is 9.53 Å². The van der Waals surface area contributed by atoms with E-state index < -0.39 is 6.09 Å². The van der Waals surface area contributed by atoms with Crippen molar-refractivity contribution in [2.24, 2.45) is 0 Å². The lowest BCUT2D eigenvalue weighted by Gasteiger charge is -2.08. The lowest BCUT2D eigenvalue weighted by atomic mass is 10.2. The molecule has 0 saturated heterocycles. The molecule has 0 radical (unpaired) electrons. The highest BCUT2D eigenvalue weighted by Gasteiger charge is 2.07. The number of nitrogens with one attached hydrogen (secondary N) is 1. The van der Waals surface area contributed by atoms with E-state index in [1.54, 1.807) is 12.1 Å². The fourth-order valence-electron chi connectivity index (χ4n) is 0.942. The number of ether oxygens (including phenoxy) is 1. The predicted molar refractivity (Wildman–Crippen MR) is 57.2 cm³/mol. The van der Waals surface area contributed by atoms with E-state index in [9.17, 15) is 4.79 Å². The van der Waals surface area contributed by atoms with Gasteiger partial charge in [0.1, 0.15) is 0 Å². The van der Waals surface area contributed by atoms with Gasteiger partial charge in [-0.15, -0.1) is 0 Å². The Labute approximate surface area is 92.0 Å². The lowest BCUT2D eigenvalue weighted by Crippen LogP contribution is -2.11. The Kier molecular flexibility index (Phi) is 3.61. The molecule has 0 atom stereocenters. The minimum atomic E-state index is -0.536. The summed E-state index contributed by atoms with van der Waals surface area (Å²) < 4.78 is 4.45. The molecule has 1 amide bonds. The lowest BCUT2D eigenvalue weighted by molar-refractivity contribution is 0.187. The molecule has 0 fully saturated rings. The van der Waals surface area contributed by atoms with E-state index in [4.69, 9.17) is 23.2 Å². The molecule has 14 heavy (non-hydrogen) atoms. The van der Waals surface area contributed by atoms with E-state index in [0.717, 1.165) is 5.56 Å². The van der Waals surface area contributed by atoms with Crippen LogP contribution in [0.4, 0.5) is 10.5 Å². The Morgan fingerprint density at radius 2 is 1.93 bits per heavy atom. The van der Waals surface area contributed by atoms with Crippen molar-refractivity contribution in [3.8, 4) is 0 Å². The highest BCUT2D eigenvalue weighted by Crippen LogP contribution is 2.28. The third kappa shape index (κ3) is 2.53. The average Bonchev–Trinajstić information content (AvgIpc) is 2.14. The van der Waals surface area contributed by atoms with Gasteiger partial charge in [0, 0.05) is 5.69 Å². The standard InChI is InChI=1S/C9H9Cl2NO2/c1-5-3-6(10)7(11)4-8(5)12-9(13)14-2/h3-4H,1-2H3,(H,12,13). The van der Waals surface area contributed by atoms with Gasteiger partial charge in [-0.2, -0.15) is 0 Å². The molecule has 5 heteroatoms. The van der Waals surface area contributed by atoms with Gasteiger partial charge in [0.25, 0.3) is 0 Å². The van der Waals surface area contributed by atoms with E-state index in [-0.39, 0.29) is 0 Å². The van der Waals surface area contributed by atoms with Gasteiger partial charge in [-0.25, -0.2) is 4.79 Å². The van der Waals surface area contributed by atoms with E-state index >= 15 is 0 Å². The number of benzene rings is 1. The third-order valence-corrected chi connectivity index (χ3v) is 2.41. The van der Waals surface area contributed by atoms with Gasteiger partial charge in [-0.3, -0.25) is 5.32 Å². The van der Waals surface area contributed by atoms with Gasteiger partial charge in [0.05, 0.1) is 17.2 Å². The number of methoxy groups -OCH3 is 1. The molecular weight excluding hydrogens is 225 g/mol. The molecule has 1 N–H and O–H groups in total. The molecule has 76 valence electrons. The summed E-state index contributed by atoms with van der Waals surface area (Å²) in [5, 5.41) is 3.37. The van der Waals surface area contributed by atoms with Crippen molar-refractivity contribution in [2.45, 2.75) is 6.92 Å². The number of hydrogen-bond donors (Lipinski definition) is 1. The first-order valence-corrected chi connectivity index (χ1v) is 4.61. The maximum atomic E-state index is 10.9. The quantitative estimate of drug-likeness (QED) is 0.807. The third-order valence-electron chi connectivity index (χ3n) is 1.69. The summed E-state index contributed by atoms with van der Waals surface area (Å²) in [4.78, 5) is 10.9. The second kappa shape index (κ2) is 4.53. The Morgan fingerprint density at radius 1 is 1.36 bits per heavy atom. The zero-order valence-electron chi connectivity index (χ0n) is 7.73. The number of carbonyl (C=O) groups excluding carboxylic acids is 1. The van der Waals surface area contributed by atoms with Crippen LogP contribution in [0.1, 0.15) is 5.56 Å². The van der Waals surface area contributed by atoms with Gasteiger partial charge in [0.2, 0.25) is 0 Å². The monoisotopic (exact) mass is 233 g/mol. The Hall–Kier alpha value is -0.930. The first kappa shape index (κ1) is 11.1. The minimum absolute atomic E-state index is 0.392. The highest BCUT2D eigenvalue weighted by atomic mass is 35.5. The molecule has 0 unspecified atom stereocenters. The maximum absolute atomic E-state index is 10.9. The van der Waals surface area contributed by atoms with Gasteiger partial charge >= 0.3 is 6.09 Å². The molecule has 0 heterocycles. The molecule has 0 aliphatic carbocycles. The second-order valence-corrected chi connectivity index (χ2v) is 3.51. The number of rotatable bonds is 1. The molecular formula is C9H9Cl2NO2. The van der Waals surface area contributed by atoms with Crippen LogP contribution in [-0.2, 0) is 4.74 Å². The fraction of sp³-hybridized carbons (Fsp3) is 0.222. The van der Waals surface area contributed by atoms with Crippen LogP contribution >= 0.6 is 23.2 Å². The van der Waals surface area contributed by atoms with E-state index in [0.29, 0.717) is 15.7 Å². The maximum Gasteiger partial charge on any atom is 0.411 e. The molecule has 3 nitrogen and oxygen atoms in total. The number of carbonyl (C=O) groups is 1. The van der Waals surface area contributed by atoms with Crippen LogP contribution in [0.3, 0.4) is 0 Å². The summed E-state index contributed by atoms with van der Waals surface area (Å²) in [5.41, 5.74) is 1.41. The Morgan fingerprint density at radius 3 is 2.50 bits per heavy atom.